The lowest BCUT2D eigenvalue weighted by molar-refractivity contribution is -0.121. The second-order valence-corrected chi connectivity index (χ2v) is 4.25. The van der Waals surface area contributed by atoms with Gasteiger partial charge in [0.05, 0.1) is 32.0 Å². The van der Waals surface area contributed by atoms with Gasteiger partial charge < -0.3 is 25.6 Å². The second-order valence-electron chi connectivity index (χ2n) is 4.25. The van der Waals surface area contributed by atoms with Crippen LogP contribution in [0, 0.1) is 5.92 Å². The van der Waals surface area contributed by atoms with Crippen molar-refractivity contribution in [1.29, 1.82) is 0 Å². The largest absolute Gasteiger partial charge is 0.389 e. The number of methoxy groups -OCH3 is 1. The smallest absolute Gasteiger partial charge is 0.234 e. The standard InChI is InChI=1S/C11H24N2O4/c1-8(2)10(11(12)15)13-6-9(14)7-17-5-4-16-3/h8-10,13-14H,4-7H2,1-3H3,(H2,12,15). The average Bonchev–Trinajstić information content (AvgIpc) is 2.23. The molecule has 0 saturated carbocycles. The maximum Gasteiger partial charge on any atom is 0.234 e. The van der Waals surface area contributed by atoms with Crippen molar-refractivity contribution >= 4 is 5.91 Å². The summed E-state index contributed by atoms with van der Waals surface area (Å²) in [5.74, 6) is -0.318. The Hall–Kier alpha value is -0.690. The number of carbonyl (C=O) groups excluding carboxylic acids is 1. The summed E-state index contributed by atoms with van der Waals surface area (Å²) in [6.45, 7) is 5.21. The molecule has 0 aromatic carbocycles. The zero-order valence-electron chi connectivity index (χ0n) is 10.8. The van der Waals surface area contributed by atoms with Crippen LogP contribution in [-0.2, 0) is 14.3 Å². The third kappa shape index (κ3) is 8.09. The molecule has 2 unspecified atom stereocenters. The van der Waals surface area contributed by atoms with Gasteiger partial charge in [0.25, 0.3) is 0 Å². The van der Waals surface area contributed by atoms with Gasteiger partial charge in [0.15, 0.2) is 0 Å². The monoisotopic (exact) mass is 248 g/mol. The van der Waals surface area contributed by atoms with E-state index in [0.717, 1.165) is 0 Å². The van der Waals surface area contributed by atoms with E-state index in [0.29, 0.717) is 13.2 Å². The number of aliphatic hydroxyl groups is 1. The lowest BCUT2D eigenvalue weighted by Crippen LogP contribution is -2.48. The predicted octanol–water partition coefficient (Wildman–Crippen LogP) is -0.890. The summed E-state index contributed by atoms with van der Waals surface area (Å²) in [6.07, 6.45) is -0.660. The van der Waals surface area contributed by atoms with Crippen molar-refractivity contribution in [2.75, 3.05) is 33.5 Å². The summed E-state index contributed by atoms with van der Waals surface area (Å²) in [5, 5.41) is 12.5. The molecular formula is C11H24N2O4. The summed E-state index contributed by atoms with van der Waals surface area (Å²) >= 11 is 0. The van der Waals surface area contributed by atoms with Gasteiger partial charge in [-0.2, -0.15) is 0 Å². The average molecular weight is 248 g/mol. The van der Waals surface area contributed by atoms with E-state index in [9.17, 15) is 9.90 Å². The van der Waals surface area contributed by atoms with Gasteiger partial charge >= 0.3 is 0 Å². The summed E-state index contributed by atoms with van der Waals surface area (Å²) in [5.41, 5.74) is 5.23. The Morgan fingerprint density at radius 1 is 1.41 bits per heavy atom. The van der Waals surface area contributed by atoms with E-state index in [1.807, 2.05) is 13.8 Å². The molecular weight excluding hydrogens is 224 g/mol. The highest BCUT2D eigenvalue weighted by Crippen LogP contribution is 2.00. The number of aliphatic hydroxyl groups excluding tert-OH is 1. The van der Waals surface area contributed by atoms with Crippen LogP contribution in [0.1, 0.15) is 13.8 Å². The Balaban J connectivity index is 3.73. The van der Waals surface area contributed by atoms with E-state index in [2.05, 4.69) is 5.32 Å². The molecule has 6 nitrogen and oxygen atoms in total. The molecule has 6 heteroatoms. The molecule has 0 aliphatic rings. The fourth-order valence-electron chi connectivity index (χ4n) is 1.35. The van der Waals surface area contributed by atoms with Gasteiger partial charge in [-0.25, -0.2) is 0 Å². The maximum atomic E-state index is 11.1. The number of ether oxygens (including phenoxy) is 2. The number of amides is 1. The van der Waals surface area contributed by atoms with Crippen molar-refractivity contribution in [3.8, 4) is 0 Å². The van der Waals surface area contributed by atoms with Crippen LogP contribution in [0.5, 0.6) is 0 Å². The van der Waals surface area contributed by atoms with Crippen LogP contribution in [0.25, 0.3) is 0 Å². The maximum absolute atomic E-state index is 11.1. The van der Waals surface area contributed by atoms with Crippen LogP contribution in [0.15, 0.2) is 0 Å². The van der Waals surface area contributed by atoms with E-state index < -0.39 is 18.1 Å². The van der Waals surface area contributed by atoms with Crippen molar-refractivity contribution in [3.05, 3.63) is 0 Å². The van der Waals surface area contributed by atoms with E-state index in [-0.39, 0.29) is 19.1 Å². The fourth-order valence-corrected chi connectivity index (χ4v) is 1.35. The summed E-state index contributed by atoms with van der Waals surface area (Å²) in [6, 6.07) is -0.427. The van der Waals surface area contributed by atoms with E-state index in [4.69, 9.17) is 15.2 Å². The van der Waals surface area contributed by atoms with Crippen LogP contribution in [0.3, 0.4) is 0 Å². The van der Waals surface area contributed by atoms with Crippen molar-refractivity contribution in [1.82, 2.24) is 5.32 Å². The first-order chi connectivity index (χ1) is 7.99. The minimum Gasteiger partial charge on any atom is -0.389 e. The van der Waals surface area contributed by atoms with Crippen molar-refractivity contribution in [2.45, 2.75) is 26.0 Å². The number of rotatable bonds is 10. The molecule has 0 radical (unpaired) electrons. The Labute approximate surface area is 102 Å². The first-order valence-corrected chi connectivity index (χ1v) is 5.76. The van der Waals surface area contributed by atoms with Gasteiger partial charge in [-0.3, -0.25) is 4.79 Å². The molecule has 0 aromatic heterocycles. The first-order valence-electron chi connectivity index (χ1n) is 5.76. The Bertz CT molecular complexity index is 212. The second kappa shape index (κ2) is 9.35. The molecule has 17 heavy (non-hydrogen) atoms. The minimum atomic E-state index is -0.660. The first kappa shape index (κ1) is 16.3. The van der Waals surface area contributed by atoms with Gasteiger partial charge in [-0.1, -0.05) is 13.8 Å². The Morgan fingerprint density at radius 3 is 2.53 bits per heavy atom. The molecule has 0 fully saturated rings. The van der Waals surface area contributed by atoms with Crippen molar-refractivity contribution in [3.63, 3.8) is 0 Å². The van der Waals surface area contributed by atoms with Gasteiger partial charge in [-0.05, 0) is 5.92 Å². The van der Waals surface area contributed by atoms with Crippen LogP contribution in [-0.4, -0.2) is 56.6 Å². The number of hydrogen-bond donors (Lipinski definition) is 3. The van der Waals surface area contributed by atoms with Crippen LogP contribution >= 0.6 is 0 Å². The highest BCUT2D eigenvalue weighted by Gasteiger charge is 2.19. The molecule has 1 amide bonds. The Morgan fingerprint density at radius 2 is 2.06 bits per heavy atom. The lowest BCUT2D eigenvalue weighted by atomic mass is 10.0. The number of nitrogens with two attached hydrogens (primary N) is 1. The molecule has 0 aromatic rings. The summed E-state index contributed by atoms with van der Waals surface area (Å²) in [4.78, 5) is 11.1. The fraction of sp³-hybridized carbons (Fsp3) is 0.909. The quantitative estimate of drug-likeness (QED) is 0.436. The number of nitrogens with one attached hydrogen (secondary N) is 1. The summed E-state index contributed by atoms with van der Waals surface area (Å²) in [7, 11) is 1.58. The molecule has 0 aliphatic heterocycles. The highest BCUT2D eigenvalue weighted by molar-refractivity contribution is 5.80. The number of primary amides is 1. The molecule has 0 rings (SSSR count). The molecule has 0 bridgehead atoms. The van der Waals surface area contributed by atoms with Crippen molar-refractivity contribution < 1.29 is 19.4 Å². The zero-order chi connectivity index (χ0) is 13.3. The van der Waals surface area contributed by atoms with Crippen LogP contribution < -0.4 is 11.1 Å². The summed E-state index contributed by atoms with van der Waals surface area (Å²) < 4.78 is 9.96. The zero-order valence-corrected chi connectivity index (χ0v) is 10.8. The molecule has 2 atom stereocenters. The van der Waals surface area contributed by atoms with Gasteiger partial charge in [0.1, 0.15) is 0 Å². The van der Waals surface area contributed by atoms with Gasteiger partial charge in [-0.15, -0.1) is 0 Å². The third-order valence-electron chi connectivity index (χ3n) is 2.29. The molecule has 102 valence electrons. The molecule has 0 aliphatic carbocycles. The van der Waals surface area contributed by atoms with Crippen LogP contribution in [0.2, 0.25) is 0 Å². The molecule has 4 N–H and O–H groups in total. The number of hydrogen-bond acceptors (Lipinski definition) is 5. The highest BCUT2D eigenvalue weighted by atomic mass is 16.5. The van der Waals surface area contributed by atoms with Gasteiger partial charge in [0.2, 0.25) is 5.91 Å². The minimum absolute atomic E-state index is 0.0918. The van der Waals surface area contributed by atoms with Gasteiger partial charge in [0, 0.05) is 13.7 Å². The van der Waals surface area contributed by atoms with Crippen molar-refractivity contribution in [2.24, 2.45) is 11.7 Å². The molecule has 0 heterocycles. The lowest BCUT2D eigenvalue weighted by Gasteiger charge is -2.21. The topological polar surface area (TPSA) is 93.8 Å². The molecule has 0 spiro atoms. The normalized spacial score (nSPS) is 14.9. The van der Waals surface area contributed by atoms with E-state index in [1.54, 1.807) is 7.11 Å². The molecule has 0 saturated heterocycles. The third-order valence-corrected chi connectivity index (χ3v) is 2.29. The number of carbonyl (C=O) groups is 1. The predicted molar refractivity (Wildman–Crippen MR) is 64.5 cm³/mol. The van der Waals surface area contributed by atoms with E-state index >= 15 is 0 Å². The van der Waals surface area contributed by atoms with E-state index in [1.165, 1.54) is 0 Å². The Kier molecular flexibility index (Phi) is 8.97. The SMILES string of the molecule is COCCOCC(O)CNC(C(N)=O)C(C)C. The van der Waals surface area contributed by atoms with Crippen LogP contribution in [0.4, 0.5) is 0 Å².